The van der Waals surface area contributed by atoms with E-state index in [0.29, 0.717) is 12.6 Å². The fourth-order valence-corrected chi connectivity index (χ4v) is 2.51. The van der Waals surface area contributed by atoms with Crippen molar-refractivity contribution in [1.29, 1.82) is 0 Å². The lowest BCUT2D eigenvalue weighted by atomic mass is 10.1. The molecule has 2 aromatic carbocycles. The van der Waals surface area contributed by atoms with Crippen LogP contribution in [-0.2, 0) is 6.54 Å². The van der Waals surface area contributed by atoms with Crippen LogP contribution in [0.25, 0.3) is 0 Å². The van der Waals surface area contributed by atoms with E-state index in [0.717, 1.165) is 10.0 Å². The van der Waals surface area contributed by atoms with Gasteiger partial charge in [0.1, 0.15) is 5.82 Å². The SMILES string of the molecule is O=C(Nc1ccnn1Cc1ccc(Br)cc1)c1cc(F)c(F)c(F)c1F. The lowest BCUT2D eigenvalue weighted by Crippen LogP contribution is -2.19. The molecule has 0 bridgehead atoms. The minimum Gasteiger partial charge on any atom is -0.307 e. The van der Waals surface area contributed by atoms with Crippen molar-refractivity contribution in [2.24, 2.45) is 0 Å². The second-order valence-corrected chi connectivity index (χ2v) is 6.22. The van der Waals surface area contributed by atoms with Gasteiger partial charge in [0, 0.05) is 10.5 Å². The van der Waals surface area contributed by atoms with Gasteiger partial charge in [-0.05, 0) is 23.8 Å². The third kappa shape index (κ3) is 3.62. The number of halogens is 5. The summed E-state index contributed by atoms with van der Waals surface area (Å²) in [4.78, 5) is 12.1. The predicted octanol–water partition coefficient (Wildman–Crippen LogP) is 4.50. The van der Waals surface area contributed by atoms with Crippen LogP contribution in [0, 0.1) is 23.3 Å². The highest BCUT2D eigenvalue weighted by atomic mass is 79.9. The summed E-state index contributed by atoms with van der Waals surface area (Å²) in [5.41, 5.74) is -0.0738. The van der Waals surface area contributed by atoms with Gasteiger partial charge in [-0.3, -0.25) is 4.79 Å². The van der Waals surface area contributed by atoms with Crippen molar-refractivity contribution in [2.45, 2.75) is 6.54 Å². The van der Waals surface area contributed by atoms with Gasteiger partial charge in [0.2, 0.25) is 0 Å². The highest BCUT2D eigenvalue weighted by molar-refractivity contribution is 9.10. The topological polar surface area (TPSA) is 46.9 Å². The van der Waals surface area contributed by atoms with Crippen molar-refractivity contribution in [1.82, 2.24) is 9.78 Å². The molecule has 0 saturated carbocycles. The standard InChI is InChI=1S/C17H10BrF4N3O/c18-10-3-1-9(2-4-10)8-25-13(5-6-23-25)24-17(26)11-7-12(19)15(21)16(22)14(11)20/h1-7H,8H2,(H,24,26). The number of aromatic nitrogens is 2. The number of amides is 1. The van der Waals surface area contributed by atoms with Crippen LogP contribution < -0.4 is 5.32 Å². The van der Waals surface area contributed by atoms with Crippen molar-refractivity contribution in [3.8, 4) is 0 Å². The van der Waals surface area contributed by atoms with Gasteiger partial charge in [0.15, 0.2) is 23.3 Å². The molecule has 3 aromatic rings. The highest BCUT2D eigenvalue weighted by Crippen LogP contribution is 2.20. The molecule has 0 aliphatic rings. The summed E-state index contributed by atoms with van der Waals surface area (Å²) in [6, 6.07) is 9.07. The maximum absolute atomic E-state index is 13.7. The molecule has 1 heterocycles. The van der Waals surface area contributed by atoms with E-state index < -0.39 is 34.7 Å². The first-order chi connectivity index (χ1) is 12.4. The maximum atomic E-state index is 13.7. The van der Waals surface area contributed by atoms with Gasteiger partial charge >= 0.3 is 0 Å². The molecular weight excluding hydrogens is 418 g/mol. The van der Waals surface area contributed by atoms with Crippen molar-refractivity contribution in [3.63, 3.8) is 0 Å². The molecular formula is C17H10BrF4N3O. The number of rotatable bonds is 4. The Labute approximate surface area is 153 Å². The largest absolute Gasteiger partial charge is 0.307 e. The Balaban J connectivity index is 1.83. The van der Waals surface area contributed by atoms with E-state index in [1.54, 1.807) is 0 Å². The summed E-state index contributed by atoms with van der Waals surface area (Å²) in [5, 5.41) is 6.35. The number of carbonyl (C=O) groups excluding carboxylic acids is 1. The summed E-state index contributed by atoms with van der Waals surface area (Å²) in [6.45, 7) is 0.296. The zero-order valence-electron chi connectivity index (χ0n) is 12.9. The number of carbonyl (C=O) groups is 1. The molecule has 0 radical (unpaired) electrons. The minimum absolute atomic E-state index is 0.183. The van der Waals surface area contributed by atoms with Crippen molar-refractivity contribution in [3.05, 3.63) is 81.5 Å². The lowest BCUT2D eigenvalue weighted by Gasteiger charge is -2.10. The Morgan fingerprint density at radius 3 is 2.42 bits per heavy atom. The zero-order chi connectivity index (χ0) is 18.8. The molecule has 26 heavy (non-hydrogen) atoms. The van der Waals surface area contributed by atoms with Gasteiger partial charge < -0.3 is 5.32 Å². The summed E-state index contributed by atoms with van der Waals surface area (Å²) in [5.74, 6) is -8.38. The fraction of sp³-hybridized carbons (Fsp3) is 0.0588. The number of nitrogens with one attached hydrogen (secondary N) is 1. The molecule has 0 aliphatic heterocycles. The van der Waals surface area contributed by atoms with Gasteiger partial charge in [0.25, 0.3) is 5.91 Å². The lowest BCUT2D eigenvalue weighted by molar-refractivity contribution is 0.102. The Morgan fingerprint density at radius 2 is 1.73 bits per heavy atom. The van der Waals surface area contributed by atoms with E-state index in [9.17, 15) is 22.4 Å². The number of benzene rings is 2. The molecule has 0 saturated heterocycles. The molecule has 0 unspecified atom stereocenters. The van der Waals surface area contributed by atoms with E-state index in [1.807, 2.05) is 24.3 Å². The number of hydrogen-bond acceptors (Lipinski definition) is 2. The summed E-state index contributed by atoms with van der Waals surface area (Å²) < 4.78 is 55.6. The average Bonchev–Trinajstić information content (AvgIpc) is 3.05. The molecule has 0 atom stereocenters. The van der Waals surface area contributed by atoms with Crippen LogP contribution in [0.4, 0.5) is 23.4 Å². The molecule has 9 heteroatoms. The molecule has 0 fully saturated rings. The molecule has 0 spiro atoms. The van der Waals surface area contributed by atoms with Crippen LogP contribution in [0.2, 0.25) is 0 Å². The van der Waals surface area contributed by atoms with Crippen LogP contribution in [0.15, 0.2) is 47.1 Å². The van der Waals surface area contributed by atoms with Gasteiger partial charge in [-0.15, -0.1) is 0 Å². The third-order valence-electron chi connectivity index (χ3n) is 3.55. The second-order valence-electron chi connectivity index (χ2n) is 5.30. The van der Waals surface area contributed by atoms with Gasteiger partial charge in [-0.25, -0.2) is 22.2 Å². The normalized spacial score (nSPS) is 10.8. The van der Waals surface area contributed by atoms with E-state index >= 15 is 0 Å². The average molecular weight is 428 g/mol. The van der Waals surface area contributed by atoms with E-state index in [2.05, 4.69) is 26.3 Å². The van der Waals surface area contributed by atoms with E-state index in [-0.39, 0.29) is 5.82 Å². The van der Waals surface area contributed by atoms with Gasteiger partial charge in [-0.2, -0.15) is 5.10 Å². The minimum atomic E-state index is -2.04. The highest BCUT2D eigenvalue weighted by Gasteiger charge is 2.23. The Kier molecular flexibility index (Phi) is 5.08. The molecule has 0 aliphatic carbocycles. The maximum Gasteiger partial charge on any atom is 0.260 e. The summed E-state index contributed by atoms with van der Waals surface area (Å²) in [7, 11) is 0. The first-order valence-corrected chi connectivity index (χ1v) is 8.06. The van der Waals surface area contributed by atoms with Crippen LogP contribution in [0.1, 0.15) is 15.9 Å². The van der Waals surface area contributed by atoms with Crippen LogP contribution in [-0.4, -0.2) is 15.7 Å². The summed E-state index contributed by atoms with van der Waals surface area (Å²) in [6.07, 6.45) is 1.40. The first-order valence-electron chi connectivity index (χ1n) is 7.27. The zero-order valence-corrected chi connectivity index (χ0v) is 14.5. The number of hydrogen-bond donors (Lipinski definition) is 1. The molecule has 134 valence electrons. The Hall–Kier alpha value is -2.68. The summed E-state index contributed by atoms with van der Waals surface area (Å²) >= 11 is 3.32. The van der Waals surface area contributed by atoms with Gasteiger partial charge in [-0.1, -0.05) is 28.1 Å². The van der Waals surface area contributed by atoms with Crippen molar-refractivity contribution >= 4 is 27.7 Å². The second kappa shape index (κ2) is 7.28. The van der Waals surface area contributed by atoms with E-state index in [4.69, 9.17) is 0 Å². The first kappa shape index (κ1) is 18.1. The van der Waals surface area contributed by atoms with Crippen molar-refractivity contribution in [2.75, 3.05) is 5.32 Å². The molecule has 1 aromatic heterocycles. The molecule has 4 nitrogen and oxygen atoms in total. The third-order valence-corrected chi connectivity index (χ3v) is 4.08. The quantitative estimate of drug-likeness (QED) is 0.378. The fourth-order valence-electron chi connectivity index (χ4n) is 2.25. The smallest absolute Gasteiger partial charge is 0.260 e. The van der Waals surface area contributed by atoms with Crippen LogP contribution in [0.3, 0.4) is 0 Å². The molecule has 1 amide bonds. The molecule has 1 N–H and O–H groups in total. The Bertz CT molecular complexity index is 973. The predicted molar refractivity (Wildman–Crippen MR) is 89.7 cm³/mol. The number of anilines is 1. The Morgan fingerprint density at radius 1 is 1.04 bits per heavy atom. The van der Waals surface area contributed by atoms with E-state index in [1.165, 1.54) is 16.9 Å². The monoisotopic (exact) mass is 427 g/mol. The van der Waals surface area contributed by atoms with Crippen LogP contribution >= 0.6 is 15.9 Å². The number of nitrogens with zero attached hydrogens (tertiary/aromatic N) is 2. The van der Waals surface area contributed by atoms with Crippen LogP contribution in [0.5, 0.6) is 0 Å². The molecule has 3 rings (SSSR count). The van der Waals surface area contributed by atoms with Gasteiger partial charge in [0.05, 0.1) is 18.3 Å². The van der Waals surface area contributed by atoms with Crippen molar-refractivity contribution < 1.29 is 22.4 Å².